The maximum Gasteiger partial charge on any atom is 0.306 e. The van der Waals surface area contributed by atoms with Crippen LogP contribution in [0.15, 0.2) is 0 Å². The second kappa shape index (κ2) is 6.51. The Kier molecular flexibility index (Phi) is 6.05. The summed E-state index contributed by atoms with van der Waals surface area (Å²) in [6.45, 7) is 4.54. The fourth-order valence-corrected chi connectivity index (χ4v) is 1.10. The molecule has 0 fully saturated rings. The van der Waals surface area contributed by atoms with Crippen LogP contribution in [0.5, 0.6) is 0 Å². The first-order valence-electron chi connectivity index (χ1n) is 5.36. The third kappa shape index (κ3) is 8.59. The van der Waals surface area contributed by atoms with E-state index < -0.39 is 30.4 Å². The molecule has 0 spiro atoms. The van der Waals surface area contributed by atoms with E-state index in [4.69, 9.17) is 4.74 Å². The van der Waals surface area contributed by atoms with Crippen molar-refractivity contribution in [2.75, 3.05) is 13.6 Å². The topological polar surface area (TPSA) is 46.6 Å². The van der Waals surface area contributed by atoms with Crippen LogP contribution in [0.1, 0.15) is 33.6 Å². The quantitative estimate of drug-likeness (QED) is 0.700. The normalized spacial score (nSPS) is 11.5. The number of esters is 1. The van der Waals surface area contributed by atoms with Crippen LogP contribution in [0.3, 0.4) is 0 Å². The Bertz CT molecular complexity index is 274. The highest BCUT2D eigenvalue weighted by atomic mass is 19.3. The van der Waals surface area contributed by atoms with E-state index in [0.29, 0.717) is 0 Å². The molecule has 0 unspecified atom stereocenters. The van der Waals surface area contributed by atoms with Gasteiger partial charge in [-0.15, -0.1) is 0 Å². The molecule has 0 aliphatic carbocycles. The monoisotopic (exact) mass is 251 g/mol. The molecule has 0 aliphatic rings. The Balaban J connectivity index is 3.96. The average Bonchev–Trinajstić information content (AvgIpc) is 2.10. The summed E-state index contributed by atoms with van der Waals surface area (Å²) < 4.78 is 29.0. The smallest absolute Gasteiger partial charge is 0.306 e. The summed E-state index contributed by atoms with van der Waals surface area (Å²) in [5, 5.41) is 0. The largest absolute Gasteiger partial charge is 0.460 e. The van der Waals surface area contributed by atoms with E-state index in [-0.39, 0.29) is 12.8 Å². The zero-order chi connectivity index (χ0) is 13.6. The minimum Gasteiger partial charge on any atom is -0.460 e. The minimum absolute atomic E-state index is 0.0936. The maximum absolute atomic E-state index is 12.0. The van der Waals surface area contributed by atoms with Crippen LogP contribution in [0, 0.1) is 0 Å². The summed E-state index contributed by atoms with van der Waals surface area (Å²) in [5.41, 5.74) is -0.602. The maximum atomic E-state index is 12.0. The third-order valence-electron chi connectivity index (χ3n) is 1.80. The van der Waals surface area contributed by atoms with Crippen LogP contribution in [0.2, 0.25) is 0 Å². The van der Waals surface area contributed by atoms with Crippen molar-refractivity contribution < 1.29 is 23.1 Å². The predicted molar refractivity (Wildman–Crippen MR) is 58.7 cm³/mol. The molecule has 17 heavy (non-hydrogen) atoms. The lowest BCUT2D eigenvalue weighted by Crippen LogP contribution is -2.32. The van der Waals surface area contributed by atoms with Crippen molar-refractivity contribution in [2.24, 2.45) is 0 Å². The Morgan fingerprint density at radius 3 is 2.18 bits per heavy atom. The van der Waals surface area contributed by atoms with Gasteiger partial charge in [-0.3, -0.25) is 9.59 Å². The molecule has 0 saturated carbocycles. The number of nitrogens with zero attached hydrogens (tertiary/aromatic N) is 1. The van der Waals surface area contributed by atoms with E-state index in [1.807, 2.05) is 0 Å². The average molecular weight is 251 g/mol. The Labute approximate surface area is 99.9 Å². The Morgan fingerprint density at radius 1 is 1.24 bits per heavy atom. The molecule has 0 saturated heterocycles. The second-order valence-corrected chi connectivity index (χ2v) is 4.75. The number of carbonyl (C=O) groups is 2. The number of amides is 1. The molecular weight excluding hydrogens is 232 g/mol. The fraction of sp³-hybridized carbons (Fsp3) is 0.818. The van der Waals surface area contributed by atoms with Crippen LogP contribution in [-0.4, -0.2) is 42.4 Å². The molecule has 0 bridgehead atoms. The van der Waals surface area contributed by atoms with Crippen molar-refractivity contribution in [1.82, 2.24) is 4.90 Å². The summed E-state index contributed by atoms with van der Waals surface area (Å²) in [7, 11) is 1.28. The molecule has 0 radical (unpaired) electrons. The SMILES string of the molecule is CN(CC(F)F)C(=O)CCC(=O)OC(C)(C)C. The van der Waals surface area contributed by atoms with Crippen LogP contribution >= 0.6 is 0 Å². The van der Waals surface area contributed by atoms with Gasteiger partial charge in [0.15, 0.2) is 0 Å². The Morgan fingerprint density at radius 2 is 1.76 bits per heavy atom. The van der Waals surface area contributed by atoms with Crippen molar-refractivity contribution in [3.05, 3.63) is 0 Å². The molecule has 0 aromatic heterocycles. The zero-order valence-electron chi connectivity index (χ0n) is 10.6. The van der Waals surface area contributed by atoms with Gasteiger partial charge in [0.1, 0.15) is 5.60 Å². The second-order valence-electron chi connectivity index (χ2n) is 4.75. The van der Waals surface area contributed by atoms with Crippen LogP contribution < -0.4 is 0 Å². The van der Waals surface area contributed by atoms with Gasteiger partial charge in [-0.25, -0.2) is 8.78 Å². The van der Waals surface area contributed by atoms with Gasteiger partial charge in [0.2, 0.25) is 5.91 Å². The number of rotatable bonds is 5. The molecule has 100 valence electrons. The summed E-state index contributed by atoms with van der Waals surface area (Å²) in [4.78, 5) is 23.5. The van der Waals surface area contributed by atoms with Crippen molar-refractivity contribution in [2.45, 2.75) is 45.6 Å². The highest BCUT2D eigenvalue weighted by Crippen LogP contribution is 2.09. The van der Waals surface area contributed by atoms with Gasteiger partial charge < -0.3 is 9.64 Å². The van der Waals surface area contributed by atoms with E-state index in [1.165, 1.54) is 7.05 Å². The standard InChI is InChI=1S/C11H19F2NO3/c1-11(2,3)17-10(16)6-5-9(15)14(4)7-8(12)13/h8H,5-7H2,1-4H3. The van der Waals surface area contributed by atoms with E-state index in [2.05, 4.69) is 0 Å². The van der Waals surface area contributed by atoms with Gasteiger partial charge in [0.25, 0.3) is 6.43 Å². The first-order chi connectivity index (χ1) is 7.61. The molecule has 0 N–H and O–H groups in total. The summed E-state index contributed by atoms with van der Waals surface area (Å²) in [6.07, 6.45) is -2.77. The van der Waals surface area contributed by atoms with Crippen LogP contribution in [0.4, 0.5) is 8.78 Å². The summed E-state index contributed by atoms with van der Waals surface area (Å²) in [5.74, 6) is -0.993. The predicted octanol–water partition coefficient (Wildman–Crippen LogP) is 1.83. The number of alkyl halides is 2. The zero-order valence-corrected chi connectivity index (χ0v) is 10.6. The van der Waals surface area contributed by atoms with Gasteiger partial charge >= 0.3 is 5.97 Å². The molecule has 4 nitrogen and oxygen atoms in total. The van der Waals surface area contributed by atoms with Crippen LogP contribution in [0.25, 0.3) is 0 Å². The lowest BCUT2D eigenvalue weighted by molar-refractivity contribution is -0.156. The molecule has 0 aromatic carbocycles. The lowest BCUT2D eigenvalue weighted by Gasteiger charge is -2.20. The molecule has 6 heteroatoms. The first-order valence-corrected chi connectivity index (χ1v) is 5.36. The third-order valence-corrected chi connectivity index (χ3v) is 1.80. The number of carbonyl (C=O) groups excluding carboxylic acids is 2. The van der Waals surface area contributed by atoms with Crippen molar-refractivity contribution in [3.63, 3.8) is 0 Å². The number of hydrogen-bond donors (Lipinski definition) is 0. The molecular formula is C11H19F2NO3. The molecule has 0 atom stereocenters. The van der Waals surface area contributed by atoms with Crippen molar-refractivity contribution in [3.8, 4) is 0 Å². The number of hydrogen-bond acceptors (Lipinski definition) is 3. The molecule has 1 amide bonds. The van der Waals surface area contributed by atoms with Crippen molar-refractivity contribution >= 4 is 11.9 Å². The van der Waals surface area contributed by atoms with Gasteiger partial charge in [0, 0.05) is 13.5 Å². The summed E-state index contributed by atoms with van der Waals surface area (Å²) in [6, 6.07) is 0. The highest BCUT2D eigenvalue weighted by Gasteiger charge is 2.19. The molecule has 0 heterocycles. The van der Waals surface area contributed by atoms with Crippen molar-refractivity contribution in [1.29, 1.82) is 0 Å². The van der Waals surface area contributed by atoms with E-state index >= 15 is 0 Å². The van der Waals surface area contributed by atoms with Gasteiger partial charge in [-0.05, 0) is 20.8 Å². The van der Waals surface area contributed by atoms with E-state index in [0.717, 1.165) is 4.90 Å². The molecule has 0 rings (SSSR count). The van der Waals surface area contributed by atoms with E-state index in [1.54, 1.807) is 20.8 Å². The first kappa shape index (κ1) is 15.8. The van der Waals surface area contributed by atoms with Crippen LogP contribution in [-0.2, 0) is 14.3 Å². The number of ether oxygens (including phenoxy) is 1. The highest BCUT2D eigenvalue weighted by molar-refractivity contribution is 5.81. The fourth-order valence-electron chi connectivity index (χ4n) is 1.10. The minimum atomic E-state index is -2.56. The Hall–Kier alpha value is -1.20. The number of halogens is 2. The van der Waals surface area contributed by atoms with Gasteiger partial charge in [0.05, 0.1) is 13.0 Å². The molecule has 0 aromatic rings. The van der Waals surface area contributed by atoms with Gasteiger partial charge in [-0.2, -0.15) is 0 Å². The van der Waals surface area contributed by atoms with Gasteiger partial charge in [-0.1, -0.05) is 0 Å². The lowest BCUT2D eigenvalue weighted by atomic mass is 10.2. The summed E-state index contributed by atoms with van der Waals surface area (Å²) >= 11 is 0. The van der Waals surface area contributed by atoms with E-state index in [9.17, 15) is 18.4 Å². The molecule has 0 aliphatic heterocycles.